The number of nitrogens with two attached hydrogens (primary N) is 2. The molecule has 0 atom stereocenters. The quantitative estimate of drug-likeness (QED) is 0.264. The molecule has 0 radical (unpaired) electrons. The molecule has 0 saturated carbocycles. The minimum atomic E-state index is 0.250. The number of hydrogen-bond donors (Lipinski definition) is 2. The van der Waals surface area contributed by atoms with Crippen molar-refractivity contribution in [1.82, 2.24) is 0 Å². The highest BCUT2D eigenvalue weighted by Crippen LogP contribution is 0.787. The van der Waals surface area contributed by atoms with E-state index in [-0.39, 0.29) is 6.15 Å². The Morgan fingerprint density at radius 3 is 1.20 bits per heavy atom. The smallest absolute Gasteiger partial charge is 0.274 e. The van der Waals surface area contributed by atoms with Crippen molar-refractivity contribution in [2.45, 2.75) is 0 Å². The van der Waals surface area contributed by atoms with Gasteiger partial charge in [0, 0.05) is 0 Å². The fourth-order valence-corrected chi connectivity index (χ4v) is 0. The van der Waals surface area contributed by atoms with Crippen molar-refractivity contribution >= 4 is 6.15 Å². The molecular formula is CH4N2O2. The molecule has 30 valence electrons. The van der Waals surface area contributed by atoms with Crippen LogP contribution in [0.5, 0.6) is 0 Å². The first kappa shape index (κ1) is 8.85. The molecule has 0 aromatic rings. The Labute approximate surface area is 28.7 Å². The second kappa shape index (κ2) is 194. The number of hydrogen-bond acceptors (Lipinski definition) is 4. The topological polar surface area (TPSA) is 86.2 Å². The third-order valence-electron chi connectivity index (χ3n) is 0. The van der Waals surface area contributed by atoms with E-state index in [2.05, 4.69) is 11.7 Å². The van der Waals surface area contributed by atoms with Gasteiger partial charge in [-0.05, 0) is 0 Å². The zero-order valence-corrected chi connectivity index (χ0v) is 2.47. The third kappa shape index (κ3) is 11.4. The van der Waals surface area contributed by atoms with Gasteiger partial charge in [-0.1, -0.05) is 0 Å². The highest BCUT2D eigenvalue weighted by atomic mass is 16.2. The average Bonchev–Trinajstić information content (AvgIpc) is 1.46. The summed E-state index contributed by atoms with van der Waals surface area (Å²) < 4.78 is 0. The molecular weight excluding hydrogens is 72.0 g/mol. The molecule has 0 aliphatic rings. The van der Waals surface area contributed by atoms with Gasteiger partial charge in [-0.2, -0.15) is 9.59 Å². The van der Waals surface area contributed by atoms with Crippen LogP contribution in [0.15, 0.2) is 0 Å². The number of carbonyl (C=O) groups excluding carboxylic acids is 2. The lowest BCUT2D eigenvalue weighted by molar-refractivity contribution is -0.191. The van der Waals surface area contributed by atoms with Crippen LogP contribution in [-0.2, 0) is 9.59 Å². The Balaban J connectivity index is 0. The zero-order chi connectivity index (χ0) is 4.71. The highest BCUT2D eigenvalue weighted by molar-refractivity contribution is 5.20. The predicted molar refractivity (Wildman–Crippen MR) is 13.4 cm³/mol. The van der Waals surface area contributed by atoms with E-state index in [1.807, 2.05) is 0 Å². The minimum absolute atomic E-state index is 0.250. The van der Waals surface area contributed by atoms with Gasteiger partial charge in [-0.15, -0.1) is 0 Å². The van der Waals surface area contributed by atoms with Crippen molar-refractivity contribution in [3.63, 3.8) is 0 Å². The third-order valence-corrected chi connectivity index (χ3v) is 0. The van der Waals surface area contributed by atoms with E-state index in [1.165, 1.54) is 0 Å². The Bertz CT molecular complexity index is 28.6. The normalized spacial score (nSPS) is 2.80. The van der Waals surface area contributed by atoms with Gasteiger partial charge >= 0.3 is 6.15 Å². The summed E-state index contributed by atoms with van der Waals surface area (Å²) in [6, 6.07) is 0. The molecule has 0 heterocycles. The van der Waals surface area contributed by atoms with Crippen LogP contribution in [0.25, 0.3) is 0 Å². The Kier molecular flexibility index (Phi) is 343. The molecule has 0 rings (SSSR count). The van der Waals surface area contributed by atoms with Gasteiger partial charge in [-0.3, -0.25) is 11.7 Å². The second-order valence-corrected chi connectivity index (χ2v) is 0.0833. The van der Waals surface area contributed by atoms with E-state index in [0.29, 0.717) is 0 Å². The summed E-state index contributed by atoms with van der Waals surface area (Å²) in [6.07, 6.45) is 0.250. The van der Waals surface area contributed by atoms with Gasteiger partial charge < -0.3 is 0 Å². The van der Waals surface area contributed by atoms with Crippen LogP contribution >= 0.6 is 0 Å². The Morgan fingerprint density at radius 1 is 1.20 bits per heavy atom. The fourth-order valence-electron chi connectivity index (χ4n) is 0. The molecule has 5 heavy (non-hydrogen) atoms. The van der Waals surface area contributed by atoms with Crippen molar-refractivity contribution in [2.75, 3.05) is 0 Å². The summed E-state index contributed by atoms with van der Waals surface area (Å²) in [5, 5.41) is 0. The van der Waals surface area contributed by atoms with Crippen molar-refractivity contribution in [1.29, 1.82) is 0 Å². The van der Waals surface area contributed by atoms with Crippen LogP contribution in [-0.4, -0.2) is 6.15 Å². The highest BCUT2D eigenvalue weighted by Gasteiger charge is 1.13. The monoisotopic (exact) mass is 76.0 g/mol. The Hall–Kier alpha value is -0.700. The summed E-state index contributed by atoms with van der Waals surface area (Å²) in [5.41, 5.74) is 0. The first-order valence-electron chi connectivity index (χ1n) is 0.742. The van der Waals surface area contributed by atoms with Gasteiger partial charge in [0.25, 0.3) is 0 Å². The van der Waals surface area contributed by atoms with Gasteiger partial charge in [-0.25, -0.2) is 0 Å². The minimum Gasteiger partial charge on any atom is -0.274 e. The largest absolute Gasteiger partial charge is 0.373 e. The summed E-state index contributed by atoms with van der Waals surface area (Å²) in [7, 11) is 0. The van der Waals surface area contributed by atoms with Crippen LogP contribution in [0.2, 0.25) is 0 Å². The van der Waals surface area contributed by atoms with E-state index in [1.54, 1.807) is 0 Å². The van der Waals surface area contributed by atoms with Crippen LogP contribution < -0.4 is 11.7 Å². The predicted octanol–water partition coefficient (Wildman–Crippen LogP) is -1.76. The lowest BCUT2D eigenvalue weighted by Gasteiger charge is -1.27. The maximum absolute atomic E-state index is 8.12. The van der Waals surface area contributed by atoms with Crippen LogP contribution in [0.4, 0.5) is 0 Å². The molecule has 0 aromatic carbocycles. The summed E-state index contributed by atoms with van der Waals surface area (Å²) in [6.45, 7) is 0. The fraction of sp³-hybridized carbons (Fsp3) is 0. The van der Waals surface area contributed by atoms with E-state index in [9.17, 15) is 0 Å². The molecule has 0 saturated heterocycles. The van der Waals surface area contributed by atoms with Crippen molar-refractivity contribution < 1.29 is 9.59 Å². The molecule has 4 N–H and O–H groups in total. The van der Waals surface area contributed by atoms with E-state index < -0.39 is 0 Å². The second-order valence-electron chi connectivity index (χ2n) is 0.0833. The van der Waals surface area contributed by atoms with Crippen LogP contribution in [0.3, 0.4) is 0 Å². The summed E-state index contributed by atoms with van der Waals surface area (Å²) in [5.74, 6) is 8.00. The molecule has 0 aliphatic carbocycles. The van der Waals surface area contributed by atoms with Crippen LogP contribution in [0, 0.1) is 0 Å². The maximum Gasteiger partial charge on any atom is 0.373 e. The first-order valence-corrected chi connectivity index (χ1v) is 0.742. The van der Waals surface area contributed by atoms with E-state index >= 15 is 0 Å². The lowest BCUT2D eigenvalue weighted by atomic mass is 11.8. The first-order chi connectivity index (χ1) is 2.41. The molecule has 0 spiro atoms. The van der Waals surface area contributed by atoms with Gasteiger partial charge in [0.05, 0.1) is 0 Å². The lowest BCUT2D eigenvalue weighted by Crippen LogP contribution is -2.02. The molecule has 0 amide bonds. The van der Waals surface area contributed by atoms with Gasteiger partial charge in [0.2, 0.25) is 0 Å². The standard InChI is InChI=1S/CO2.H4N2/c2-1-3;1-2/h;1-2H2. The zero-order valence-electron chi connectivity index (χ0n) is 2.47. The Morgan fingerprint density at radius 2 is 1.20 bits per heavy atom. The average molecular weight is 76.1 g/mol. The van der Waals surface area contributed by atoms with Gasteiger partial charge in [0.1, 0.15) is 0 Å². The van der Waals surface area contributed by atoms with Crippen molar-refractivity contribution in [2.24, 2.45) is 11.7 Å². The molecule has 0 bridgehead atoms. The molecule has 0 aliphatic heterocycles. The molecule has 0 fully saturated rings. The molecule has 4 nitrogen and oxygen atoms in total. The van der Waals surface area contributed by atoms with E-state index in [0.717, 1.165) is 0 Å². The summed E-state index contributed by atoms with van der Waals surface area (Å²) in [4.78, 5) is 16.2. The molecule has 0 aromatic heterocycles. The number of hydrazine groups is 1. The van der Waals surface area contributed by atoms with Crippen LogP contribution in [0.1, 0.15) is 0 Å². The summed E-state index contributed by atoms with van der Waals surface area (Å²) >= 11 is 0. The van der Waals surface area contributed by atoms with E-state index in [4.69, 9.17) is 9.59 Å². The maximum atomic E-state index is 8.12. The van der Waals surface area contributed by atoms with Gasteiger partial charge in [0.15, 0.2) is 0 Å². The van der Waals surface area contributed by atoms with Crippen molar-refractivity contribution in [3.8, 4) is 0 Å². The SMILES string of the molecule is NN.O=C=O. The molecule has 0 unspecified atom stereocenters. The number of rotatable bonds is 0. The van der Waals surface area contributed by atoms with Crippen molar-refractivity contribution in [3.05, 3.63) is 0 Å². The molecule has 4 heteroatoms.